The molecule has 2 aliphatic heterocycles. The second kappa shape index (κ2) is 6.29. The van der Waals surface area contributed by atoms with Crippen molar-refractivity contribution in [3.63, 3.8) is 0 Å². The standard InChI is InChI=1S/C20H19NO4/c1-2-3-10-24-19(22)16-12-14-11-13-6-4-8-21-9-5-7-15(17(13)21)18(14)25-20(16)23/h1,11-12H,3-10H2. The van der Waals surface area contributed by atoms with E-state index < -0.39 is 11.6 Å². The topological polar surface area (TPSA) is 59.8 Å². The maximum atomic E-state index is 12.3. The van der Waals surface area contributed by atoms with E-state index in [0.717, 1.165) is 49.7 Å². The summed E-state index contributed by atoms with van der Waals surface area (Å²) in [6.45, 7) is 2.20. The first-order valence-corrected chi connectivity index (χ1v) is 8.67. The van der Waals surface area contributed by atoms with Crippen molar-refractivity contribution in [1.29, 1.82) is 0 Å². The monoisotopic (exact) mass is 337 g/mol. The molecule has 0 amide bonds. The van der Waals surface area contributed by atoms with Gasteiger partial charge in [0.05, 0.1) is 0 Å². The minimum Gasteiger partial charge on any atom is -0.461 e. The molecule has 128 valence electrons. The molecule has 0 spiro atoms. The molecule has 0 aliphatic carbocycles. The number of anilines is 1. The summed E-state index contributed by atoms with van der Waals surface area (Å²) >= 11 is 0. The van der Waals surface area contributed by atoms with Gasteiger partial charge in [-0.3, -0.25) is 0 Å². The maximum Gasteiger partial charge on any atom is 0.351 e. The number of fused-ring (bicyclic) bond motifs is 2. The van der Waals surface area contributed by atoms with Gasteiger partial charge in [-0.1, -0.05) is 0 Å². The zero-order valence-electron chi connectivity index (χ0n) is 14.0. The summed E-state index contributed by atoms with van der Waals surface area (Å²) in [6.07, 6.45) is 9.53. The van der Waals surface area contributed by atoms with Gasteiger partial charge in [0.1, 0.15) is 17.8 Å². The number of hydrogen-bond acceptors (Lipinski definition) is 5. The summed E-state index contributed by atoms with van der Waals surface area (Å²) in [5.41, 5.74) is 3.49. The average molecular weight is 337 g/mol. The van der Waals surface area contributed by atoms with Crippen molar-refractivity contribution in [3.05, 3.63) is 39.2 Å². The van der Waals surface area contributed by atoms with Crippen LogP contribution in [0.3, 0.4) is 0 Å². The van der Waals surface area contributed by atoms with Crippen LogP contribution in [-0.4, -0.2) is 25.7 Å². The van der Waals surface area contributed by atoms with Gasteiger partial charge in [0, 0.05) is 36.1 Å². The Hall–Kier alpha value is -2.74. The Morgan fingerprint density at radius 2 is 2.08 bits per heavy atom. The van der Waals surface area contributed by atoms with Crippen LogP contribution in [0.4, 0.5) is 5.69 Å². The third-order valence-corrected chi connectivity index (χ3v) is 4.92. The van der Waals surface area contributed by atoms with Gasteiger partial charge in [-0.15, -0.1) is 12.3 Å². The maximum absolute atomic E-state index is 12.3. The fraction of sp³-hybridized carbons (Fsp3) is 0.400. The Morgan fingerprint density at radius 1 is 1.28 bits per heavy atom. The molecule has 5 heteroatoms. The third-order valence-electron chi connectivity index (χ3n) is 4.92. The van der Waals surface area contributed by atoms with E-state index >= 15 is 0 Å². The predicted octanol–water partition coefficient (Wildman–Crippen LogP) is 2.67. The fourth-order valence-electron chi connectivity index (χ4n) is 3.87. The molecule has 0 N–H and O–H groups in total. The van der Waals surface area contributed by atoms with Crippen LogP contribution in [0, 0.1) is 12.3 Å². The van der Waals surface area contributed by atoms with E-state index in [1.807, 2.05) is 6.07 Å². The van der Waals surface area contributed by atoms with Gasteiger partial charge < -0.3 is 14.1 Å². The number of carbonyl (C=O) groups is 1. The van der Waals surface area contributed by atoms with Crippen LogP contribution in [0.15, 0.2) is 21.3 Å². The smallest absolute Gasteiger partial charge is 0.351 e. The molecule has 2 aromatic rings. The summed E-state index contributed by atoms with van der Waals surface area (Å²) < 4.78 is 10.6. The molecule has 1 aromatic carbocycles. The molecule has 3 heterocycles. The zero-order valence-corrected chi connectivity index (χ0v) is 14.0. The molecule has 2 aliphatic rings. The first kappa shape index (κ1) is 15.8. The minimum atomic E-state index is -0.682. The lowest BCUT2D eigenvalue weighted by atomic mass is 9.90. The fourth-order valence-corrected chi connectivity index (χ4v) is 3.87. The highest BCUT2D eigenvalue weighted by atomic mass is 16.5. The van der Waals surface area contributed by atoms with Gasteiger partial charge in [0.25, 0.3) is 0 Å². The number of ether oxygens (including phenoxy) is 1. The lowest BCUT2D eigenvalue weighted by Gasteiger charge is -2.37. The van der Waals surface area contributed by atoms with Crippen LogP contribution in [0.25, 0.3) is 11.0 Å². The average Bonchev–Trinajstić information content (AvgIpc) is 2.62. The quantitative estimate of drug-likeness (QED) is 0.373. The van der Waals surface area contributed by atoms with Crippen LogP contribution >= 0.6 is 0 Å². The molecule has 25 heavy (non-hydrogen) atoms. The summed E-state index contributed by atoms with van der Waals surface area (Å²) in [6, 6.07) is 3.65. The molecule has 0 fully saturated rings. The third kappa shape index (κ3) is 2.68. The molecule has 1 aromatic heterocycles. The second-order valence-electron chi connectivity index (χ2n) is 6.51. The Bertz CT molecular complexity index is 949. The van der Waals surface area contributed by atoms with E-state index in [4.69, 9.17) is 15.6 Å². The molecular weight excluding hydrogens is 318 g/mol. The van der Waals surface area contributed by atoms with Gasteiger partial charge >= 0.3 is 11.6 Å². The largest absolute Gasteiger partial charge is 0.461 e. The minimum absolute atomic E-state index is 0.0693. The Morgan fingerprint density at radius 3 is 2.88 bits per heavy atom. The van der Waals surface area contributed by atoms with E-state index in [1.54, 1.807) is 6.07 Å². The highest BCUT2D eigenvalue weighted by Crippen LogP contribution is 2.39. The van der Waals surface area contributed by atoms with Gasteiger partial charge in [0.15, 0.2) is 0 Å². The number of nitrogens with zero attached hydrogens (tertiary/aromatic N) is 1. The zero-order chi connectivity index (χ0) is 17.4. The molecule has 0 saturated heterocycles. The molecule has 0 bridgehead atoms. The molecular formula is C20H19NO4. The van der Waals surface area contributed by atoms with Gasteiger partial charge in [-0.2, -0.15) is 0 Å². The molecule has 5 nitrogen and oxygen atoms in total. The van der Waals surface area contributed by atoms with Crippen LogP contribution < -0.4 is 10.5 Å². The molecule has 0 radical (unpaired) electrons. The predicted molar refractivity (Wildman–Crippen MR) is 95.1 cm³/mol. The molecule has 0 unspecified atom stereocenters. The molecule has 4 rings (SSSR count). The van der Waals surface area contributed by atoms with Crippen molar-refractivity contribution < 1.29 is 13.9 Å². The summed E-state index contributed by atoms with van der Waals surface area (Å²) in [4.78, 5) is 26.8. The number of terminal acetylenes is 1. The van der Waals surface area contributed by atoms with Crippen molar-refractivity contribution >= 4 is 22.6 Å². The summed E-state index contributed by atoms with van der Waals surface area (Å²) in [5, 5.41) is 0.793. The number of esters is 1. The normalized spacial score (nSPS) is 15.6. The highest BCUT2D eigenvalue weighted by molar-refractivity contribution is 5.95. The summed E-state index contributed by atoms with van der Waals surface area (Å²) in [7, 11) is 0. The van der Waals surface area contributed by atoms with Crippen molar-refractivity contribution in [3.8, 4) is 12.3 Å². The molecule has 0 saturated carbocycles. The van der Waals surface area contributed by atoms with Crippen LogP contribution in [-0.2, 0) is 17.6 Å². The number of hydrogen-bond donors (Lipinski definition) is 0. The number of carbonyl (C=O) groups excluding carboxylic acids is 1. The number of aryl methyl sites for hydroxylation is 2. The number of benzene rings is 1. The van der Waals surface area contributed by atoms with Crippen molar-refractivity contribution in [1.82, 2.24) is 0 Å². The van der Waals surface area contributed by atoms with Gasteiger partial charge in [-0.25, -0.2) is 9.59 Å². The Kier molecular flexibility index (Phi) is 3.96. The van der Waals surface area contributed by atoms with Crippen LogP contribution in [0.2, 0.25) is 0 Å². The first-order chi connectivity index (χ1) is 12.2. The lowest BCUT2D eigenvalue weighted by molar-refractivity contribution is 0.0509. The van der Waals surface area contributed by atoms with Crippen molar-refractivity contribution in [2.24, 2.45) is 0 Å². The van der Waals surface area contributed by atoms with E-state index in [2.05, 4.69) is 10.8 Å². The van der Waals surface area contributed by atoms with Crippen molar-refractivity contribution in [2.45, 2.75) is 32.1 Å². The van der Waals surface area contributed by atoms with E-state index in [9.17, 15) is 9.59 Å². The van der Waals surface area contributed by atoms with Crippen molar-refractivity contribution in [2.75, 3.05) is 24.6 Å². The Balaban J connectivity index is 1.82. The second-order valence-corrected chi connectivity index (χ2v) is 6.51. The van der Waals surface area contributed by atoms with Crippen LogP contribution in [0.1, 0.15) is 40.7 Å². The SMILES string of the molecule is C#CCCOC(=O)c1cc2cc3c4c(c2oc1=O)CCCN4CCC3. The van der Waals surface area contributed by atoms with Gasteiger partial charge in [-0.05, 0) is 43.4 Å². The lowest BCUT2D eigenvalue weighted by Crippen LogP contribution is -2.34. The van der Waals surface area contributed by atoms with E-state index in [1.165, 1.54) is 11.3 Å². The first-order valence-electron chi connectivity index (χ1n) is 8.67. The molecule has 0 atom stereocenters. The summed E-state index contributed by atoms with van der Waals surface area (Å²) in [5.74, 6) is 1.71. The van der Waals surface area contributed by atoms with Crippen LogP contribution in [0.5, 0.6) is 0 Å². The van der Waals surface area contributed by atoms with E-state index in [-0.39, 0.29) is 12.2 Å². The van der Waals surface area contributed by atoms with E-state index in [0.29, 0.717) is 12.0 Å². The highest BCUT2D eigenvalue weighted by Gasteiger charge is 2.27. The number of rotatable bonds is 3. The van der Waals surface area contributed by atoms with Gasteiger partial charge in [0.2, 0.25) is 0 Å². The Labute approximate surface area is 145 Å².